The number of aromatic nitrogens is 3. The summed E-state index contributed by atoms with van der Waals surface area (Å²) in [6.45, 7) is 0.0655. The fraction of sp³-hybridized carbons (Fsp3) is 0.400. The van der Waals surface area contributed by atoms with Crippen LogP contribution < -0.4 is 14.2 Å². The molecule has 4 rings (SSSR count). The topological polar surface area (TPSA) is 95.7 Å². The normalized spacial score (nSPS) is 14.1. The number of carboxylic acids is 1. The molecule has 0 unspecified atom stereocenters. The molecule has 34 heavy (non-hydrogen) atoms. The van der Waals surface area contributed by atoms with E-state index in [1.807, 2.05) is 12.1 Å². The number of ether oxygens (including phenoxy) is 3. The number of benzene rings is 2. The van der Waals surface area contributed by atoms with Crippen LogP contribution in [-0.4, -0.2) is 39.3 Å². The fourth-order valence-corrected chi connectivity index (χ4v) is 3.99. The third kappa shape index (κ3) is 5.84. The van der Waals surface area contributed by atoms with Crippen molar-refractivity contribution in [1.29, 1.82) is 0 Å². The van der Waals surface area contributed by atoms with Gasteiger partial charge in [-0.1, -0.05) is 23.8 Å². The van der Waals surface area contributed by atoms with Gasteiger partial charge in [-0.15, -0.1) is 5.10 Å². The highest BCUT2D eigenvalue weighted by Gasteiger charge is 2.24. The van der Waals surface area contributed by atoms with Gasteiger partial charge in [-0.2, -0.15) is 4.68 Å². The number of methoxy groups -OCH3 is 1. The molecule has 0 aliphatic heterocycles. The third-order valence-electron chi connectivity index (χ3n) is 5.81. The second kappa shape index (κ2) is 11.0. The molecule has 9 heteroatoms. The molecule has 2 aromatic carbocycles. The number of rotatable bonds is 10. The summed E-state index contributed by atoms with van der Waals surface area (Å²) >= 11 is 0. The number of carboxylic acid groups (broad SMARTS) is 1. The van der Waals surface area contributed by atoms with Crippen LogP contribution in [-0.2, 0) is 17.8 Å². The Morgan fingerprint density at radius 1 is 1.15 bits per heavy atom. The Bertz CT molecular complexity index is 1130. The maximum absolute atomic E-state index is 14.7. The first-order chi connectivity index (χ1) is 16.5. The Morgan fingerprint density at radius 2 is 1.97 bits per heavy atom. The average Bonchev–Trinajstić information content (AvgIpc) is 3.24. The molecule has 0 atom stereocenters. The van der Waals surface area contributed by atoms with Crippen molar-refractivity contribution in [3.63, 3.8) is 0 Å². The summed E-state index contributed by atoms with van der Waals surface area (Å²) in [6, 6.07) is 11.7. The quantitative estimate of drug-likeness (QED) is 0.459. The summed E-state index contributed by atoms with van der Waals surface area (Å²) in [5.41, 5.74) is 1.49. The van der Waals surface area contributed by atoms with Crippen molar-refractivity contribution in [2.24, 2.45) is 0 Å². The van der Waals surface area contributed by atoms with Gasteiger partial charge in [0.25, 0.3) is 0 Å². The van der Waals surface area contributed by atoms with Crippen LogP contribution in [0.15, 0.2) is 42.5 Å². The Balaban J connectivity index is 1.58. The molecule has 1 aromatic heterocycles. The predicted octanol–water partition coefficient (Wildman–Crippen LogP) is 4.72. The first-order valence-electron chi connectivity index (χ1n) is 11.4. The first kappa shape index (κ1) is 23.5. The number of hydrogen-bond acceptors (Lipinski definition) is 6. The van der Waals surface area contributed by atoms with E-state index < -0.39 is 11.8 Å². The second-order valence-corrected chi connectivity index (χ2v) is 8.28. The van der Waals surface area contributed by atoms with Crippen molar-refractivity contribution < 1.29 is 28.5 Å². The molecule has 0 radical (unpaired) electrons. The maximum atomic E-state index is 14.7. The van der Waals surface area contributed by atoms with Crippen molar-refractivity contribution in [2.45, 2.75) is 57.7 Å². The Labute approximate surface area is 197 Å². The number of aliphatic carboxylic acids is 1. The molecule has 1 heterocycles. The zero-order valence-electron chi connectivity index (χ0n) is 19.1. The molecular weight excluding hydrogens is 441 g/mol. The van der Waals surface area contributed by atoms with Crippen LogP contribution in [0.2, 0.25) is 0 Å². The first-order valence-corrected chi connectivity index (χ1v) is 11.4. The zero-order chi connectivity index (χ0) is 23.9. The molecule has 180 valence electrons. The fourth-order valence-electron chi connectivity index (χ4n) is 3.99. The summed E-state index contributed by atoms with van der Waals surface area (Å²) in [5.74, 6) is 0.0937. The number of aryl methyl sites for hydroxylation is 1. The monoisotopic (exact) mass is 469 g/mol. The van der Waals surface area contributed by atoms with E-state index in [1.165, 1.54) is 24.3 Å². The molecule has 1 aliphatic rings. The van der Waals surface area contributed by atoms with Gasteiger partial charge in [-0.05, 0) is 61.9 Å². The lowest BCUT2D eigenvalue weighted by Gasteiger charge is -2.23. The number of hydrogen-bond donors (Lipinski definition) is 1. The van der Waals surface area contributed by atoms with E-state index >= 15 is 0 Å². The van der Waals surface area contributed by atoms with E-state index in [0.717, 1.165) is 31.2 Å². The Hall–Kier alpha value is -3.62. The maximum Gasteiger partial charge on any atom is 0.303 e. The lowest BCUT2D eigenvalue weighted by molar-refractivity contribution is -0.136. The lowest BCUT2D eigenvalue weighted by atomic mass is 9.98. The Morgan fingerprint density at radius 3 is 2.74 bits per heavy atom. The molecule has 1 N–H and O–H groups in total. The van der Waals surface area contributed by atoms with E-state index in [-0.39, 0.29) is 24.8 Å². The zero-order valence-corrected chi connectivity index (χ0v) is 19.1. The Kier molecular flexibility index (Phi) is 7.61. The highest BCUT2D eigenvalue weighted by Crippen LogP contribution is 2.30. The summed E-state index contributed by atoms with van der Waals surface area (Å²) in [7, 11) is 1.52. The van der Waals surface area contributed by atoms with Gasteiger partial charge in [-0.3, -0.25) is 4.79 Å². The summed E-state index contributed by atoms with van der Waals surface area (Å²) < 4.78 is 33.6. The average molecular weight is 470 g/mol. The van der Waals surface area contributed by atoms with Gasteiger partial charge in [0, 0.05) is 12.5 Å². The van der Waals surface area contributed by atoms with Gasteiger partial charge in [0.1, 0.15) is 35.7 Å². The van der Waals surface area contributed by atoms with Gasteiger partial charge in [0.05, 0.1) is 7.11 Å². The molecular formula is C25H28FN3O5. The smallest absolute Gasteiger partial charge is 0.303 e. The minimum absolute atomic E-state index is 0.00207. The van der Waals surface area contributed by atoms with Crippen LogP contribution in [0, 0.1) is 5.82 Å². The molecule has 8 nitrogen and oxygen atoms in total. The molecule has 1 fully saturated rings. The summed E-state index contributed by atoms with van der Waals surface area (Å²) in [5, 5.41) is 17.3. The van der Waals surface area contributed by atoms with Crippen molar-refractivity contribution in [3.8, 4) is 23.1 Å². The molecule has 0 spiro atoms. The third-order valence-corrected chi connectivity index (χ3v) is 5.81. The van der Waals surface area contributed by atoms with E-state index in [0.29, 0.717) is 29.5 Å². The minimum Gasteiger partial charge on any atom is -0.497 e. The molecule has 0 saturated heterocycles. The van der Waals surface area contributed by atoms with Crippen LogP contribution in [0.3, 0.4) is 0 Å². The SMILES string of the molecule is COc1ccc(F)c(-n2nnc(COc3cccc(CCC(=O)O)c3)c2OC2CCCCC2)c1. The van der Waals surface area contributed by atoms with Gasteiger partial charge < -0.3 is 19.3 Å². The van der Waals surface area contributed by atoms with E-state index in [1.54, 1.807) is 24.3 Å². The van der Waals surface area contributed by atoms with Gasteiger partial charge >= 0.3 is 5.97 Å². The molecule has 0 bridgehead atoms. The standard InChI is InChI=1S/C25H28FN3O5/c1-32-19-11-12-21(26)23(15-19)29-25(34-18-7-3-2-4-8-18)22(27-28-29)16-33-20-9-5-6-17(14-20)10-13-24(30)31/h5-6,9,11-12,14-15,18H,2-4,7-8,10,13,16H2,1H3,(H,30,31). The lowest BCUT2D eigenvalue weighted by Crippen LogP contribution is -2.22. The number of halogens is 1. The van der Waals surface area contributed by atoms with Crippen molar-refractivity contribution in [3.05, 3.63) is 59.5 Å². The second-order valence-electron chi connectivity index (χ2n) is 8.28. The predicted molar refractivity (Wildman–Crippen MR) is 122 cm³/mol. The largest absolute Gasteiger partial charge is 0.497 e. The van der Waals surface area contributed by atoms with E-state index in [2.05, 4.69) is 10.3 Å². The van der Waals surface area contributed by atoms with Gasteiger partial charge in [-0.25, -0.2) is 4.39 Å². The molecule has 1 aliphatic carbocycles. The van der Waals surface area contributed by atoms with Gasteiger partial charge in [0.2, 0.25) is 5.88 Å². The van der Waals surface area contributed by atoms with Crippen LogP contribution in [0.1, 0.15) is 49.8 Å². The molecule has 3 aromatic rings. The summed E-state index contributed by atoms with van der Waals surface area (Å²) in [4.78, 5) is 10.9. The summed E-state index contributed by atoms with van der Waals surface area (Å²) in [6.07, 6.45) is 5.62. The number of nitrogens with zero attached hydrogens (tertiary/aromatic N) is 3. The highest BCUT2D eigenvalue weighted by molar-refractivity contribution is 5.67. The molecule has 1 saturated carbocycles. The van der Waals surface area contributed by atoms with Crippen LogP contribution in [0.4, 0.5) is 4.39 Å². The highest BCUT2D eigenvalue weighted by atomic mass is 19.1. The van der Waals surface area contributed by atoms with Crippen LogP contribution in [0.5, 0.6) is 17.4 Å². The van der Waals surface area contributed by atoms with E-state index in [9.17, 15) is 9.18 Å². The van der Waals surface area contributed by atoms with Crippen molar-refractivity contribution >= 4 is 5.97 Å². The molecule has 0 amide bonds. The minimum atomic E-state index is -0.850. The van der Waals surface area contributed by atoms with Crippen molar-refractivity contribution in [2.75, 3.05) is 7.11 Å². The van der Waals surface area contributed by atoms with Gasteiger partial charge in [0.15, 0.2) is 5.69 Å². The van der Waals surface area contributed by atoms with Crippen molar-refractivity contribution in [1.82, 2.24) is 15.0 Å². The number of carbonyl (C=O) groups is 1. The van der Waals surface area contributed by atoms with E-state index in [4.69, 9.17) is 19.3 Å². The van der Waals surface area contributed by atoms with Crippen LogP contribution in [0.25, 0.3) is 5.69 Å². The van der Waals surface area contributed by atoms with Crippen LogP contribution >= 0.6 is 0 Å².